The summed E-state index contributed by atoms with van der Waals surface area (Å²) in [5, 5.41) is 9.97. The smallest absolute Gasteiger partial charge is 0.290 e. The van der Waals surface area contributed by atoms with Gasteiger partial charge in [0.15, 0.2) is 0 Å². The molecule has 0 saturated carbocycles. The van der Waals surface area contributed by atoms with Gasteiger partial charge >= 0.3 is 0 Å². The van der Waals surface area contributed by atoms with E-state index in [1.165, 1.54) is 0 Å². The topological polar surface area (TPSA) is 134 Å². The predicted octanol–water partition coefficient (Wildman–Crippen LogP) is -0.372. The molecular formula is C18H30N6O4. The van der Waals surface area contributed by atoms with Crippen LogP contribution in [0.25, 0.3) is 0 Å². The number of anilines is 1. The lowest BCUT2D eigenvalue weighted by Gasteiger charge is -2.38. The molecule has 4 N–H and O–H groups in total. The number of piperazine rings is 1. The van der Waals surface area contributed by atoms with Crippen LogP contribution in [0.4, 0.5) is 5.95 Å². The van der Waals surface area contributed by atoms with E-state index in [0.717, 1.165) is 31.9 Å². The van der Waals surface area contributed by atoms with E-state index >= 15 is 0 Å². The number of rotatable bonds is 4. The fraction of sp³-hybridized carbons (Fsp3) is 0.667. The molecule has 2 aliphatic heterocycles. The number of nitrogens with one attached hydrogen (secondary N) is 1. The van der Waals surface area contributed by atoms with Crippen LogP contribution in [0.15, 0.2) is 6.07 Å². The van der Waals surface area contributed by atoms with Crippen molar-refractivity contribution < 1.29 is 19.4 Å². The zero-order chi connectivity index (χ0) is 20.7. The molecule has 28 heavy (non-hydrogen) atoms. The first kappa shape index (κ1) is 22.0. The number of hydrogen-bond donors (Lipinski definition) is 3. The largest absolute Gasteiger partial charge is 0.483 e. The second kappa shape index (κ2) is 10.3. The summed E-state index contributed by atoms with van der Waals surface area (Å²) in [7, 11) is 2.13. The fourth-order valence-electron chi connectivity index (χ4n) is 3.33. The summed E-state index contributed by atoms with van der Waals surface area (Å²) in [5.41, 5.74) is 6.85. The minimum Gasteiger partial charge on any atom is -0.483 e. The summed E-state index contributed by atoms with van der Waals surface area (Å²) >= 11 is 0. The maximum absolute atomic E-state index is 12.7. The van der Waals surface area contributed by atoms with Gasteiger partial charge in [-0.3, -0.25) is 14.5 Å². The number of nitrogen functional groups attached to an aromatic ring is 1. The Morgan fingerprint density at radius 1 is 1.32 bits per heavy atom. The van der Waals surface area contributed by atoms with Crippen LogP contribution in [-0.2, 0) is 9.53 Å². The lowest BCUT2D eigenvalue weighted by molar-refractivity contribution is -0.122. The van der Waals surface area contributed by atoms with Crippen molar-refractivity contribution in [1.82, 2.24) is 25.1 Å². The number of nitrogens with two attached hydrogens (primary N) is 1. The molecule has 3 heterocycles. The highest BCUT2D eigenvalue weighted by Crippen LogP contribution is 2.17. The van der Waals surface area contributed by atoms with Crippen LogP contribution in [0.5, 0.6) is 0 Å². The van der Waals surface area contributed by atoms with Crippen molar-refractivity contribution in [2.45, 2.75) is 31.8 Å². The van der Waals surface area contributed by atoms with Crippen LogP contribution >= 0.6 is 0 Å². The van der Waals surface area contributed by atoms with E-state index in [2.05, 4.69) is 32.1 Å². The van der Waals surface area contributed by atoms with Gasteiger partial charge in [-0.05, 0) is 19.0 Å². The van der Waals surface area contributed by atoms with Crippen LogP contribution in [0.3, 0.4) is 0 Å². The highest BCUT2D eigenvalue weighted by molar-refractivity contribution is 5.92. The van der Waals surface area contributed by atoms with Gasteiger partial charge < -0.3 is 25.8 Å². The fourth-order valence-corrected chi connectivity index (χ4v) is 3.33. The van der Waals surface area contributed by atoms with Crippen molar-refractivity contribution in [2.24, 2.45) is 0 Å². The molecule has 1 aromatic rings. The first-order valence-electron chi connectivity index (χ1n) is 9.39. The van der Waals surface area contributed by atoms with Gasteiger partial charge in [0.25, 0.3) is 12.4 Å². The molecule has 2 saturated heterocycles. The zero-order valence-corrected chi connectivity index (χ0v) is 16.7. The van der Waals surface area contributed by atoms with Crippen LogP contribution in [-0.4, -0.2) is 95.8 Å². The van der Waals surface area contributed by atoms with Gasteiger partial charge in [0.2, 0.25) is 5.95 Å². The molecule has 10 heteroatoms. The highest BCUT2D eigenvalue weighted by Gasteiger charge is 2.35. The summed E-state index contributed by atoms with van der Waals surface area (Å²) < 4.78 is 5.64. The van der Waals surface area contributed by atoms with Crippen molar-refractivity contribution in [2.75, 3.05) is 52.2 Å². The summed E-state index contributed by atoms with van der Waals surface area (Å²) in [6.07, 6.45) is 0. The van der Waals surface area contributed by atoms with Crippen LogP contribution < -0.4 is 11.1 Å². The molecule has 0 bridgehead atoms. The number of carbonyl (C=O) groups excluding carboxylic acids is 1. The molecule has 2 aliphatic rings. The molecular weight excluding hydrogens is 364 g/mol. The van der Waals surface area contributed by atoms with E-state index in [4.69, 9.17) is 20.4 Å². The van der Waals surface area contributed by atoms with Crippen LogP contribution in [0, 0.1) is 0 Å². The number of likely N-dealkylation sites (N-methyl/N-ethyl adjacent to an activating group) is 1. The Labute approximate surface area is 165 Å². The van der Waals surface area contributed by atoms with E-state index in [1.54, 1.807) is 6.07 Å². The number of carboxylic acid groups (broad SMARTS) is 1. The van der Waals surface area contributed by atoms with Gasteiger partial charge in [-0.1, -0.05) is 13.8 Å². The van der Waals surface area contributed by atoms with Gasteiger partial charge in [0, 0.05) is 31.9 Å². The Kier molecular flexibility index (Phi) is 8.09. The number of nitrogens with zero attached hydrogens (tertiary/aromatic N) is 4. The standard InChI is InChI=1S/C17H28N6O2.CH2O2/c1-11(2)12-8-13(21-17(18)20-12)16(24)19-14-9-25-10-15(14)23-6-4-22(3)5-7-23;2-1-3/h8,11,14-15H,4-7,9-10H2,1-3H3,(H,19,24)(H2,18,20,21);1H,(H,2,3)/t14-,15-;/m0./s1. The Balaban J connectivity index is 0.000000878. The Morgan fingerprint density at radius 3 is 2.57 bits per heavy atom. The number of ether oxygens (including phenoxy) is 1. The van der Waals surface area contributed by atoms with Crippen molar-refractivity contribution in [3.63, 3.8) is 0 Å². The van der Waals surface area contributed by atoms with Crippen molar-refractivity contribution >= 4 is 18.3 Å². The maximum Gasteiger partial charge on any atom is 0.290 e. The molecule has 2 atom stereocenters. The highest BCUT2D eigenvalue weighted by atomic mass is 16.5. The van der Waals surface area contributed by atoms with E-state index in [-0.39, 0.29) is 36.3 Å². The Morgan fingerprint density at radius 2 is 1.96 bits per heavy atom. The molecule has 156 valence electrons. The molecule has 10 nitrogen and oxygen atoms in total. The van der Waals surface area contributed by atoms with E-state index in [9.17, 15) is 4.79 Å². The number of amides is 1. The van der Waals surface area contributed by atoms with Gasteiger partial charge in [0.05, 0.1) is 25.3 Å². The molecule has 0 radical (unpaired) electrons. The second-order valence-electron chi connectivity index (χ2n) is 7.32. The molecule has 0 unspecified atom stereocenters. The molecule has 1 aromatic heterocycles. The molecule has 2 fully saturated rings. The summed E-state index contributed by atoms with van der Waals surface area (Å²) in [6, 6.07) is 1.90. The lowest BCUT2D eigenvalue weighted by atomic mass is 10.1. The summed E-state index contributed by atoms with van der Waals surface area (Å²) in [4.78, 5) is 34.0. The van der Waals surface area contributed by atoms with Crippen molar-refractivity contribution in [3.05, 3.63) is 17.5 Å². The monoisotopic (exact) mass is 394 g/mol. The van der Waals surface area contributed by atoms with Gasteiger partial charge in [0.1, 0.15) is 5.69 Å². The third-order valence-corrected chi connectivity index (χ3v) is 4.96. The average Bonchev–Trinajstić information content (AvgIpc) is 3.10. The van der Waals surface area contributed by atoms with Crippen LogP contribution in [0.1, 0.15) is 35.9 Å². The molecule has 1 amide bonds. The SMILES string of the molecule is CC(C)c1cc(C(=O)N[C@H]2COC[C@@H]2N2CCN(C)CC2)nc(N)n1.O=CO. The third kappa shape index (κ3) is 5.85. The van der Waals surface area contributed by atoms with E-state index in [1.807, 2.05) is 13.8 Å². The minimum absolute atomic E-state index is 0.0328. The van der Waals surface area contributed by atoms with Crippen LogP contribution in [0.2, 0.25) is 0 Å². The lowest BCUT2D eigenvalue weighted by Crippen LogP contribution is -2.56. The summed E-state index contributed by atoms with van der Waals surface area (Å²) in [5.74, 6) is 0.102. The van der Waals surface area contributed by atoms with Gasteiger partial charge in [-0.15, -0.1) is 0 Å². The number of carbonyl (C=O) groups is 2. The second-order valence-corrected chi connectivity index (χ2v) is 7.32. The molecule has 3 rings (SSSR count). The van der Waals surface area contributed by atoms with Gasteiger partial charge in [-0.25, -0.2) is 9.97 Å². The number of aromatic nitrogens is 2. The average molecular weight is 394 g/mol. The molecule has 0 aliphatic carbocycles. The van der Waals surface area contributed by atoms with E-state index < -0.39 is 0 Å². The quantitative estimate of drug-likeness (QED) is 0.585. The van der Waals surface area contributed by atoms with E-state index in [0.29, 0.717) is 18.9 Å². The minimum atomic E-state index is -0.250. The first-order chi connectivity index (χ1) is 13.3. The third-order valence-electron chi connectivity index (χ3n) is 4.96. The van der Waals surface area contributed by atoms with Crippen molar-refractivity contribution in [1.29, 1.82) is 0 Å². The molecule has 0 aromatic carbocycles. The first-order valence-corrected chi connectivity index (χ1v) is 9.39. The number of hydrogen-bond acceptors (Lipinski definition) is 8. The predicted molar refractivity (Wildman–Crippen MR) is 104 cm³/mol. The van der Waals surface area contributed by atoms with Gasteiger partial charge in [-0.2, -0.15) is 0 Å². The normalized spacial score (nSPS) is 23.1. The van der Waals surface area contributed by atoms with Crippen molar-refractivity contribution in [3.8, 4) is 0 Å². The Bertz CT molecular complexity index is 663. The zero-order valence-electron chi connectivity index (χ0n) is 16.7. The summed E-state index contributed by atoms with van der Waals surface area (Å²) in [6.45, 7) is 9.02. The molecule has 0 spiro atoms. The maximum atomic E-state index is 12.7. The Hall–Kier alpha value is -2.30.